The van der Waals surface area contributed by atoms with Gasteiger partial charge in [0.1, 0.15) is 0 Å². The third-order valence-corrected chi connectivity index (χ3v) is 4.37. The third-order valence-electron chi connectivity index (χ3n) is 2.63. The number of carboxylic acid groups (broad SMARTS) is 1. The Balaban J connectivity index is 1.82. The van der Waals surface area contributed by atoms with Gasteiger partial charge in [0.2, 0.25) is 0 Å². The van der Waals surface area contributed by atoms with Crippen LogP contribution in [-0.2, 0) is 0 Å². The van der Waals surface area contributed by atoms with Crippen LogP contribution in [-0.4, -0.2) is 22.0 Å². The first kappa shape index (κ1) is 12.8. The number of carbonyl (C=O) groups excluding carboxylic acids is 1. The summed E-state index contributed by atoms with van der Waals surface area (Å²) in [5.41, 5.74) is 0.543. The molecule has 0 aliphatic rings. The van der Waals surface area contributed by atoms with Crippen molar-refractivity contribution in [1.82, 2.24) is 4.98 Å². The van der Waals surface area contributed by atoms with Gasteiger partial charge in [0.15, 0.2) is 10.7 Å². The van der Waals surface area contributed by atoms with E-state index in [1.54, 1.807) is 11.3 Å². The zero-order valence-corrected chi connectivity index (χ0v) is 11.6. The Bertz CT molecular complexity index is 807. The number of nitrogens with one attached hydrogen (secondary N) is 1. The van der Waals surface area contributed by atoms with Crippen molar-refractivity contribution in [2.24, 2.45) is 0 Å². The topological polar surface area (TPSA) is 79.3 Å². The lowest BCUT2D eigenvalue weighted by Gasteiger charge is -2.02. The van der Waals surface area contributed by atoms with Crippen LogP contribution in [0.1, 0.15) is 20.3 Å². The number of thiophene rings is 1. The van der Waals surface area contributed by atoms with Gasteiger partial charge in [0, 0.05) is 15.8 Å². The van der Waals surface area contributed by atoms with Crippen LogP contribution in [0.4, 0.5) is 5.69 Å². The number of carboxylic acids is 1. The molecule has 3 rings (SSSR count). The van der Waals surface area contributed by atoms with Crippen molar-refractivity contribution in [2.45, 2.75) is 0 Å². The van der Waals surface area contributed by atoms with Gasteiger partial charge in [-0.1, -0.05) is 0 Å². The maximum absolute atomic E-state index is 12.0. The minimum atomic E-state index is -1.14. The van der Waals surface area contributed by atoms with Gasteiger partial charge in [0.05, 0.1) is 0 Å². The Labute approximate surface area is 121 Å². The second-order valence-corrected chi connectivity index (χ2v) is 5.78. The highest BCUT2D eigenvalue weighted by atomic mass is 32.1. The van der Waals surface area contributed by atoms with Crippen molar-refractivity contribution in [2.75, 3.05) is 5.32 Å². The molecule has 1 amide bonds. The molecule has 0 unspecified atom stereocenters. The summed E-state index contributed by atoms with van der Waals surface area (Å²) >= 11 is 2.64. The molecule has 0 saturated heterocycles. The van der Waals surface area contributed by atoms with Gasteiger partial charge < -0.3 is 10.4 Å². The summed E-state index contributed by atoms with van der Waals surface area (Å²) < 4.78 is 1.14. The molecule has 2 N–H and O–H groups in total. The van der Waals surface area contributed by atoms with E-state index in [1.165, 1.54) is 5.38 Å². The number of nitrogens with zero attached hydrogens (tertiary/aromatic N) is 1. The highest BCUT2D eigenvalue weighted by Crippen LogP contribution is 2.24. The van der Waals surface area contributed by atoms with E-state index in [4.69, 9.17) is 5.11 Å². The zero-order chi connectivity index (χ0) is 14.1. The van der Waals surface area contributed by atoms with Crippen LogP contribution in [0, 0.1) is 0 Å². The van der Waals surface area contributed by atoms with Crippen LogP contribution in [0.3, 0.4) is 0 Å². The van der Waals surface area contributed by atoms with E-state index in [0.717, 1.165) is 21.4 Å². The van der Waals surface area contributed by atoms with Crippen molar-refractivity contribution in [3.8, 4) is 0 Å². The number of fused-ring (bicyclic) bond motifs is 1. The van der Waals surface area contributed by atoms with E-state index >= 15 is 0 Å². The average molecular weight is 304 g/mol. The van der Waals surface area contributed by atoms with Crippen LogP contribution in [0.2, 0.25) is 0 Å². The number of thiazole rings is 1. The summed E-state index contributed by atoms with van der Waals surface area (Å²) in [4.78, 5) is 26.5. The lowest BCUT2D eigenvalue weighted by atomic mass is 10.2. The van der Waals surface area contributed by atoms with Gasteiger partial charge in [0.25, 0.3) is 5.91 Å². The second-order valence-electron chi connectivity index (χ2n) is 3.97. The van der Waals surface area contributed by atoms with Crippen LogP contribution < -0.4 is 5.32 Å². The van der Waals surface area contributed by atoms with E-state index in [-0.39, 0.29) is 10.7 Å². The van der Waals surface area contributed by atoms with Crippen molar-refractivity contribution < 1.29 is 14.7 Å². The predicted octanol–water partition coefficient (Wildman–Crippen LogP) is 3.31. The zero-order valence-electron chi connectivity index (χ0n) is 9.99. The molecule has 2 aromatic heterocycles. The van der Waals surface area contributed by atoms with Crippen molar-refractivity contribution >= 4 is 50.3 Å². The molecule has 0 bridgehead atoms. The predicted molar refractivity (Wildman–Crippen MR) is 78.9 cm³/mol. The molecule has 7 heteroatoms. The van der Waals surface area contributed by atoms with Crippen LogP contribution in [0.15, 0.2) is 35.0 Å². The largest absolute Gasteiger partial charge is 0.476 e. The maximum atomic E-state index is 12.0. The number of hydrogen-bond acceptors (Lipinski definition) is 5. The summed E-state index contributed by atoms with van der Waals surface area (Å²) in [5, 5.41) is 16.0. The monoisotopic (exact) mass is 304 g/mol. The smallest absolute Gasteiger partial charge is 0.355 e. The quantitative estimate of drug-likeness (QED) is 0.778. The Kier molecular flexibility index (Phi) is 3.21. The molecule has 100 valence electrons. The fourth-order valence-electron chi connectivity index (χ4n) is 1.71. The lowest BCUT2D eigenvalue weighted by molar-refractivity contribution is 0.0691. The molecule has 0 aliphatic carbocycles. The van der Waals surface area contributed by atoms with E-state index in [0.29, 0.717) is 5.69 Å². The van der Waals surface area contributed by atoms with Gasteiger partial charge in [-0.2, -0.15) is 0 Å². The van der Waals surface area contributed by atoms with Crippen LogP contribution in [0.25, 0.3) is 10.1 Å². The fourth-order valence-corrected chi connectivity index (χ4v) is 3.16. The summed E-state index contributed by atoms with van der Waals surface area (Å²) in [6.45, 7) is 0. The number of hydrogen-bond donors (Lipinski definition) is 2. The van der Waals surface area contributed by atoms with Crippen molar-refractivity contribution in [3.05, 3.63) is 45.7 Å². The van der Waals surface area contributed by atoms with E-state index in [2.05, 4.69) is 10.3 Å². The Morgan fingerprint density at radius 2 is 2.05 bits per heavy atom. The van der Waals surface area contributed by atoms with Gasteiger partial charge in [-0.15, -0.1) is 22.7 Å². The summed E-state index contributed by atoms with van der Waals surface area (Å²) in [6.07, 6.45) is 0. The standard InChI is InChI=1S/C13H8N2O3S2/c16-11(12-15-9(6-20-12)13(17)18)14-8-1-2-10-7(5-8)3-4-19-10/h1-6H,(H,14,16)(H,17,18). The summed E-state index contributed by atoms with van der Waals surface area (Å²) in [5.74, 6) is -1.54. The molecule has 0 spiro atoms. The van der Waals surface area contributed by atoms with E-state index in [1.807, 2.05) is 29.6 Å². The summed E-state index contributed by atoms with van der Waals surface area (Å²) in [7, 11) is 0. The number of benzene rings is 1. The van der Waals surface area contributed by atoms with Crippen LogP contribution in [0.5, 0.6) is 0 Å². The number of carbonyl (C=O) groups is 2. The molecule has 0 saturated carbocycles. The van der Waals surface area contributed by atoms with Gasteiger partial charge >= 0.3 is 5.97 Å². The number of aromatic carboxylic acids is 1. The summed E-state index contributed by atoms with van der Waals surface area (Å²) in [6, 6.07) is 7.58. The maximum Gasteiger partial charge on any atom is 0.355 e. The lowest BCUT2D eigenvalue weighted by Crippen LogP contribution is -2.12. The molecule has 0 atom stereocenters. The normalized spacial score (nSPS) is 10.6. The number of amides is 1. The minimum absolute atomic E-state index is 0.117. The molecule has 3 aromatic rings. The van der Waals surface area contributed by atoms with E-state index in [9.17, 15) is 9.59 Å². The number of rotatable bonds is 3. The highest BCUT2D eigenvalue weighted by molar-refractivity contribution is 7.17. The number of aromatic nitrogens is 1. The first-order valence-corrected chi connectivity index (χ1v) is 7.37. The second kappa shape index (κ2) is 5.03. The molecule has 0 radical (unpaired) electrons. The first-order valence-electron chi connectivity index (χ1n) is 5.61. The number of anilines is 1. The third kappa shape index (κ3) is 2.40. The molecule has 20 heavy (non-hydrogen) atoms. The molecule has 2 heterocycles. The molecule has 0 aliphatic heterocycles. The SMILES string of the molecule is O=C(O)c1csc(C(=O)Nc2ccc3sccc3c2)n1. The fraction of sp³-hybridized carbons (Fsp3) is 0. The highest BCUT2D eigenvalue weighted by Gasteiger charge is 2.14. The van der Waals surface area contributed by atoms with Crippen molar-refractivity contribution in [1.29, 1.82) is 0 Å². The Hall–Kier alpha value is -2.25. The molecule has 1 aromatic carbocycles. The van der Waals surface area contributed by atoms with Gasteiger partial charge in [-0.3, -0.25) is 4.79 Å². The molecule has 0 fully saturated rings. The minimum Gasteiger partial charge on any atom is -0.476 e. The molecular weight excluding hydrogens is 296 g/mol. The van der Waals surface area contributed by atoms with E-state index < -0.39 is 11.9 Å². The van der Waals surface area contributed by atoms with Crippen LogP contribution >= 0.6 is 22.7 Å². The Morgan fingerprint density at radius 3 is 2.80 bits per heavy atom. The van der Waals surface area contributed by atoms with Crippen molar-refractivity contribution in [3.63, 3.8) is 0 Å². The average Bonchev–Trinajstić information content (AvgIpc) is 3.07. The Morgan fingerprint density at radius 1 is 1.20 bits per heavy atom. The van der Waals surface area contributed by atoms with Gasteiger partial charge in [-0.05, 0) is 35.0 Å². The first-order chi connectivity index (χ1) is 9.63. The molecule has 5 nitrogen and oxygen atoms in total. The molecular formula is C13H8N2O3S2. The van der Waals surface area contributed by atoms with Gasteiger partial charge in [-0.25, -0.2) is 9.78 Å².